The summed E-state index contributed by atoms with van der Waals surface area (Å²) in [5.41, 5.74) is 12.0. The molecule has 270 valence electrons. The predicted molar refractivity (Wildman–Crippen MR) is 185 cm³/mol. The van der Waals surface area contributed by atoms with E-state index in [1.807, 2.05) is 19.9 Å². The van der Waals surface area contributed by atoms with E-state index in [2.05, 4.69) is 17.2 Å². The number of amides is 2. The van der Waals surface area contributed by atoms with Gasteiger partial charge in [0.05, 0.1) is 17.5 Å². The Morgan fingerprint density at radius 1 is 1.10 bits per heavy atom. The van der Waals surface area contributed by atoms with Gasteiger partial charge in [-0.3, -0.25) is 19.2 Å². The van der Waals surface area contributed by atoms with Crippen molar-refractivity contribution in [3.63, 3.8) is 0 Å². The number of carbonyl (C=O) groups is 5. The third-order valence-electron chi connectivity index (χ3n) is 8.28. The number of nitrogens with two attached hydrogens (primary N) is 2. The molecule has 0 fully saturated rings. The first-order valence-corrected chi connectivity index (χ1v) is 16.4. The number of methoxy groups -OCH3 is 2. The first-order valence-electron chi connectivity index (χ1n) is 16.4. The molecule has 0 aromatic carbocycles. The molecular formula is C36H52N4O9. The zero-order chi connectivity index (χ0) is 36.7. The van der Waals surface area contributed by atoms with Crippen LogP contribution in [-0.2, 0) is 38.1 Å². The normalized spacial score (nSPS) is 25.9. The lowest BCUT2D eigenvalue weighted by molar-refractivity contribution is -0.160. The number of esters is 1. The number of hydrogen-bond donors (Lipinski definition) is 4. The van der Waals surface area contributed by atoms with Gasteiger partial charge in [0.1, 0.15) is 12.2 Å². The van der Waals surface area contributed by atoms with Gasteiger partial charge < -0.3 is 41.0 Å². The van der Waals surface area contributed by atoms with Crippen molar-refractivity contribution >= 4 is 29.5 Å². The van der Waals surface area contributed by atoms with E-state index in [4.69, 9.17) is 30.4 Å². The van der Waals surface area contributed by atoms with Crippen LogP contribution in [-0.4, -0.2) is 81.3 Å². The van der Waals surface area contributed by atoms with Gasteiger partial charge in [0.2, 0.25) is 11.6 Å². The Balaban J connectivity index is 2.72. The molecule has 0 unspecified atom stereocenters. The molecule has 1 heterocycles. The smallest absolute Gasteiger partial charge is 0.405 e. The standard InChI is InChI=1S/C36H52N4O9/c1-8-16-39-31-25-17-21(2)18-29(47-7)34(48-30(42)14-9-10-15-37)24(5)19-23(4)33(49-36(38)45)28(46-6)13-11-12-22(3)35(44)40-26(32(25)43)20-27(31)41/h8,11-13,19-21,24,28-29,33-34,39H,1,9-10,14-18,37H2,2-7H3,(H2,38,45)(H,40,44)/t21-,24-,28-,29-,33-,34-/m1/s1. The number of allylic oxidation sites excluding steroid dienone is 4. The summed E-state index contributed by atoms with van der Waals surface area (Å²) in [6.45, 7) is 11.4. The number of fused-ring (bicyclic) bond motifs is 2. The number of carbonyl (C=O) groups excluding carboxylic acids is 5. The van der Waals surface area contributed by atoms with Crippen LogP contribution in [0.5, 0.6) is 0 Å². The maximum Gasteiger partial charge on any atom is 0.405 e. The number of ether oxygens (including phenoxy) is 4. The van der Waals surface area contributed by atoms with Gasteiger partial charge in [-0.25, -0.2) is 4.79 Å². The molecule has 6 atom stereocenters. The first kappa shape index (κ1) is 40.8. The average Bonchev–Trinajstić information content (AvgIpc) is 3.05. The van der Waals surface area contributed by atoms with E-state index in [0.29, 0.717) is 31.4 Å². The number of ketones is 2. The Bertz CT molecular complexity index is 1390. The van der Waals surface area contributed by atoms with Crippen LogP contribution < -0.4 is 22.1 Å². The minimum absolute atomic E-state index is 0.130. The number of nitrogens with one attached hydrogen (secondary N) is 2. The summed E-state index contributed by atoms with van der Waals surface area (Å²) >= 11 is 0. The predicted octanol–water partition coefficient (Wildman–Crippen LogP) is 3.22. The average molecular weight is 685 g/mol. The molecule has 13 nitrogen and oxygen atoms in total. The molecule has 6 N–H and O–H groups in total. The number of Topliss-reactive ketones (excluding diaryl/α,β-unsaturated/α-hetero) is 1. The van der Waals surface area contributed by atoms with E-state index in [9.17, 15) is 24.0 Å². The molecule has 49 heavy (non-hydrogen) atoms. The van der Waals surface area contributed by atoms with Crippen molar-refractivity contribution in [2.45, 2.75) is 84.2 Å². The van der Waals surface area contributed by atoms with Crippen molar-refractivity contribution < 1.29 is 42.9 Å². The summed E-state index contributed by atoms with van der Waals surface area (Å²) in [4.78, 5) is 65.1. The van der Waals surface area contributed by atoms with Crippen LogP contribution in [0.25, 0.3) is 0 Å². The van der Waals surface area contributed by atoms with Crippen LogP contribution in [0.3, 0.4) is 0 Å². The second-order valence-electron chi connectivity index (χ2n) is 12.3. The maximum atomic E-state index is 13.8. The molecule has 0 radical (unpaired) electrons. The monoisotopic (exact) mass is 684 g/mol. The van der Waals surface area contributed by atoms with E-state index in [0.717, 1.165) is 6.08 Å². The molecule has 2 rings (SSSR count). The van der Waals surface area contributed by atoms with Crippen LogP contribution in [0.4, 0.5) is 4.79 Å². The highest BCUT2D eigenvalue weighted by molar-refractivity contribution is 6.23. The largest absolute Gasteiger partial charge is 0.459 e. The fraction of sp³-hybridized carbons (Fsp3) is 0.528. The summed E-state index contributed by atoms with van der Waals surface area (Å²) in [6, 6.07) is 0. The van der Waals surface area contributed by atoms with Crippen molar-refractivity contribution in [3.05, 3.63) is 71.1 Å². The Kier molecular flexibility index (Phi) is 16.9. The minimum Gasteiger partial charge on any atom is -0.459 e. The zero-order valence-electron chi connectivity index (χ0n) is 29.4. The molecule has 2 aliphatic rings. The van der Waals surface area contributed by atoms with Gasteiger partial charge in [-0.05, 0) is 57.6 Å². The number of primary amides is 1. The molecule has 2 amide bonds. The van der Waals surface area contributed by atoms with Crippen molar-refractivity contribution in [2.75, 3.05) is 27.3 Å². The molecule has 13 heteroatoms. The van der Waals surface area contributed by atoms with E-state index in [1.165, 1.54) is 20.3 Å². The van der Waals surface area contributed by atoms with Gasteiger partial charge >= 0.3 is 12.1 Å². The van der Waals surface area contributed by atoms with Gasteiger partial charge in [-0.2, -0.15) is 0 Å². The lowest BCUT2D eigenvalue weighted by Crippen LogP contribution is -2.40. The first-order chi connectivity index (χ1) is 23.3. The molecule has 0 aromatic heterocycles. The van der Waals surface area contributed by atoms with Crippen molar-refractivity contribution in [2.24, 2.45) is 23.3 Å². The van der Waals surface area contributed by atoms with Gasteiger partial charge in [-0.15, -0.1) is 6.58 Å². The molecular weight excluding hydrogens is 632 g/mol. The minimum atomic E-state index is -1.02. The maximum absolute atomic E-state index is 13.8. The summed E-state index contributed by atoms with van der Waals surface area (Å²) in [5.74, 6) is -2.70. The molecule has 1 aliphatic carbocycles. The topological polar surface area (TPSA) is 198 Å². The van der Waals surface area contributed by atoms with Gasteiger partial charge in [-0.1, -0.05) is 44.2 Å². The fourth-order valence-electron chi connectivity index (χ4n) is 5.75. The molecule has 0 saturated carbocycles. The van der Waals surface area contributed by atoms with E-state index < -0.39 is 59.9 Å². The fourth-order valence-corrected chi connectivity index (χ4v) is 5.75. The summed E-state index contributed by atoms with van der Waals surface area (Å²) in [7, 11) is 2.94. The Morgan fingerprint density at radius 2 is 1.82 bits per heavy atom. The highest BCUT2D eigenvalue weighted by Gasteiger charge is 2.35. The molecule has 0 aromatic rings. The Hall–Kier alpha value is -4.33. The number of unbranched alkanes of at least 4 members (excludes halogenated alkanes) is 1. The van der Waals surface area contributed by atoms with Crippen LogP contribution in [0.1, 0.15) is 59.8 Å². The molecule has 1 aliphatic heterocycles. The quantitative estimate of drug-likeness (QED) is 0.108. The lowest BCUT2D eigenvalue weighted by atomic mass is 9.85. The van der Waals surface area contributed by atoms with Crippen molar-refractivity contribution in [1.29, 1.82) is 0 Å². The van der Waals surface area contributed by atoms with Gasteiger partial charge in [0.15, 0.2) is 6.10 Å². The number of hydrogen-bond acceptors (Lipinski definition) is 11. The SMILES string of the molecule is C=CCNC1=C2C[C@@H](C)C[C@@H](OC)[C@H](OC(=O)CCCCN)[C@H](C)C=C(C)[C@@H](OC(N)=O)[C@H](OC)C=CC=C(C)C(=O)NC(=CC1=O)C2=O. The third-order valence-corrected chi connectivity index (χ3v) is 8.28. The highest BCUT2D eigenvalue weighted by atomic mass is 16.6. The van der Waals surface area contributed by atoms with E-state index >= 15 is 0 Å². The zero-order valence-corrected chi connectivity index (χ0v) is 29.4. The summed E-state index contributed by atoms with van der Waals surface area (Å²) in [5, 5.41) is 5.56. The van der Waals surface area contributed by atoms with Crippen LogP contribution >= 0.6 is 0 Å². The van der Waals surface area contributed by atoms with Crippen molar-refractivity contribution in [3.8, 4) is 0 Å². The Morgan fingerprint density at radius 3 is 2.43 bits per heavy atom. The van der Waals surface area contributed by atoms with Crippen LogP contribution in [0.15, 0.2) is 71.1 Å². The van der Waals surface area contributed by atoms with Crippen LogP contribution in [0.2, 0.25) is 0 Å². The van der Waals surface area contributed by atoms with Crippen molar-refractivity contribution in [1.82, 2.24) is 10.6 Å². The van der Waals surface area contributed by atoms with E-state index in [1.54, 1.807) is 32.1 Å². The molecule has 2 bridgehead atoms. The second kappa shape index (κ2) is 20.2. The summed E-state index contributed by atoms with van der Waals surface area (Å²) < 4.78 is 23.1. The number of rotatable bonds is 11. The summed E-state index contributed by atoms with van der Waals surface area (Å²) in [6.07, 6.45) is 6.71. The lowest BCUT2D eigenvalue weighted by Gasteiger charge is -2.32. The van der Waals surface area contributed by atoms with Crippen LogP contribution in [0, 0.1) is 11.8 Å². The Labute approximate surface area is 288 Å². The third kappa shape index (κ3) is 12.3. The second-order valence-corrected chi connectivity index (χ2v) is 12.3. The van der Waals surface area contributed by atoms with Gasteiger partial charge in [0.25, 0.3) is 5.91 Å². The van der Waals surface area contributed by atoms with Gasteiger partial charge in [0, 0.05) is 50.3 Å². The molecule has 0 spiro atoms. The highest BCUT2D eigenvalue weighted by Crippen LogP contribution is 2.30. The molecule has 0 saturated heterocycles. The van der Waals surface area contributed by atoms with E-state index in [-0.39, 0.29) is 47.8 Å².